The molecule has 4 rings (SSSR count). The van der Waals surface area contributed by atoms with Gasteiger partial charge in [-0.2, -0.15) is 10.1 Å². The molecule has 92 valence electrons. The molecular weight excluding hydrogens is 236 g/mol. The molecule has 1 N–H and O–H groups in total. The van der Waals surface area contributed by atoms with Gasteiger partial charge in [0.1, 0.15) is 12.4 Å². The first-order valence-electron chi connectivity index (χ1n) is 6.24. The van der Waals surface area contributed by atoms with E-state index in [1.807, 2.05) is 16.8 Å². The van der Waals surface area contributed by atoms with E-state index in [-0.39, 0.29) is 6.04 Å². The Labute approximate surface area is 110 Å². The highest BCUT2D eigenvalue weighted by Crippen LogP contribution is 2.37. The summed E-state index contributed by atoms with van der Waals surface area (Å²) >= 11 is 0. The second-order valence-corrected chi connectivity index (χ2v) is 4.55. The third-order valence-corrected chi connectivity index (χ3v) is 3.43. The van der Waals surface area contributed by atoms with Gasteiger partial charge in [0.15, 0.2) is 0 Å². The standard InChI is InChI=1S/C15H12N4/c1-2-6-11(7-3-1)14-12-8-4-5-9-13(12)18-15-16-10-17-19(14)15/h1-10,14H,(H,16,17,18). The molecule has 4 heteroatoms. The second kappa shape index (κ2) is 3.95. The molecule has 1 unspecified atom stereocenters. The fourth-order valence-electron chi connectivity index (χ4n) is 2.59. The lowest BCUT2D eigenvalue weighted by atomic mass is 9.96. The normalized spacial score (nSPS) is 16.3. The average Bonchev–Trinajstić information content (AvgIpc) is 2.93. The van der Waals surface area contributed by atoms with Gasteiger partial charge in [-0.3, -0.25) is 0 Å². The fraction of sp³-hybridized carbons (Fsp3) is 0.0667. The first-order valence-corrected chi connectivity index (χ1v) is 6.24. The van der Waals surface area contributed by atoms with Gasteiger partial charge in [0.2, 0.25) is 5.95 Å². The summed E-state index contributed by atoms with van der Waals surface area (Å²) in [5, 5.41) is 7.67. The molecule has 19 heavy (non-hydrogen) atoms. The average molecular weight is 248 g/mol. The minimum Gasteiger partial charge on any atom is -0.324 e. The number of aromatic nitrogens is 3. The lowest BCUT2D eigenvalue weighted by Gasteiger charge is -2.27. The number of benzene rings is 2. The minimum absolute atomic E-state index is 0.0798. The van der Waals surface area contributed by atoms with Crippen molar-refractivity contribution in [2.24, 2.45) is 0 Å². The number of nitrogens with one attached hydrogen (secondary N) is 1. The maximum Gasteiger partial charge on any atom is 0.226 e. The van der Waals surface area contributed by atoms with E-state index in [0.29, 0.717) is 0 Å². The highest BCUT2D eigenvalue weighted by molar-refractivity contribution is 5.64. The number of fused-ring (bicyclic) bond motifs is 2. The second-order valence-electron chi connectivity index (χ2n) is 4.55. The molecule has 0 fully saturated rings. The number of anilines is 2. The first-order chi connectivity index (χ1) is 9.43. The molecule has 0 saturated heterocycles. The largest absolute Gasteiger partial charge is 0.324 e. The van der Waals surface area contributed by atoms with Crippen molar-refractivity contribution in [3.8, 4) is 0 Å². The summed E-state index contributed by atoms with van der Waals surface area (Å²) in [5.41, 5.74) is 3.52. The molecule has 0 amide bonds. The molecule has 1 aliphatic rings. The zero-order chi connectivity index (χ0) is 12.7. The van der Waals surface area contributed by atoms with E-state index in [4.69, 9.17) is 0 Å². The molecule has 4 nitrogen and oxygen atoms in total. The number of rotatable bonds is 1. The van der Waals surface area contributed by atoms with E-state index >= 15 is 0 Å². The van der Waals surface area contributed by atoms with Gasteiger partial charge in [-0.05, 0) is 11.6 Å². The van der Waals surface area contributed by atoms with Crippen LogP contribution in [-0.2, 0) is 0 Å². The third kappa shape index (κ3) is 1.53. The maximum atomic E-state index is 4.36. The Hall–Kier alpha value is -2.62. The smallest absolute Gasteiger partial charge is 0.226 e. The summed E-state index contributed by atoms with van der Waals surface area (Å²) in [6.07, 6.45) is 1.59. The van der Waals surface area contributed by atoms with Crippen LogP contribution < -0.4 is 5.32 Å². The summed E-state index contributed by atoms with van der Waals surface area (Å²) in [6.45, 7) is 0. The van der Waals surface area contributed by atoms with Gasteiger partial charge in [-0.25, -0.2) is 4.68 Å². The summed E-state index contributed by atoms with van der Waals surface area (Å²) < 4.78 is 1.93. The van der Waals surface area contributed by atoms with E-state index in [1.165, 1.54) is 11.1 Å². The van der Waals surface area contributed by atoms with Crippen molar-refractivity contribution in [2.45, 2.75) is 6.04 Å². The van der Waals surface area contributed by atoms with E-state index in [2.05, 4.69) is 57.9 Å². The molecule has 1 atom stereocenters. The quantitative estimate of drug-likeness (QED) is 0.563. The lowest BCUT2D eigenvalue weighted by Crippen LogP contribution is -2.21. The van der Waals surface area contributed by atoms with Crippen LogP contribution in [0.3, 0.4) is 0 Å². The summed E-state index contributed by atoms with van der Waals surface area (Å²) in [4.78, 5) is 4.27. The van der Waals surface area contributed by atoms with Gasteiger partial charge < -0.3 is 5.32 Å². The van der Waals surface area contributed by atoms with E-state index < -0.39 is 0 Å². The van der Waals surface area contributed by atoms with Crippen molar-refractivity contribution < 1.29 is 0 Å². The van der Waals surface area contributed by atoms with Crippen molar-refractivity contribution in [3.05, 3.63) is 72.1 Å². The molecule has 1 aliphatic heterocycles. The van der Waals surface area contributed by atoms with Crippen molar-refractivity contribution in [2.75, 3.05) is 5.32 Å². The minimum atomic E-state index is 0.0798. The molecular formula is C15H12N4. The van der Waals surface area contributed by atoms with Crippen molar-refractivity contribution >= 4 is 11.6 Å². The first kappa shape index (κ1) is 10.3. The van der Waals surface area contributed by atoms with Crippen LogP contribution >= 0.6 is 0 Å². The van der Waals surface area contributed by atoms with Crippen LogP contribution in [0.25, 0.3) is 0 Å². The highest BCUT2D eigenvalue weighted by Gasteiger charge is 2.27. The Balaban J connectivity index is 1.96. The molecule has 0 spiro atoms. The van der Waals surface area contributed by atoms with E-state index in [1.54, 1.807) is 6.33 Å². The molecule has 0 bridgehead atoms. The Bertz CT molecular complexity index is 718. The number of para-hydroxylation sites is 1. The van der Waals surface area contributed by atoms with Crippen LogP contribution in [0, 0.1) is 0 Å². The third-order valence-electron chi connectivity index (χ3n) is 3.43. The van der Waals surface area contributed by atoms with Crippen LogP contribution in [0.5, 0.6) is 0 Å². The fourth-order valence-corrected chi connectivity index (χ4v) is 2.59. The number of nitrogens with zero attached hydrogens (tertiary/aromatic N) is 3. The van der Waals surface area contributed by atoms with E-state index in [0.717, 1.165) is 11.6 Å². The Kier molecular flexibility index (Phi) is 2.14. The van der Waals surface area contributed by atoms with Gasteiger partial charge in [0.05, 0.1) is 0 Å². The molecule has 3 aromatic rings. The molecule has 0 aliphatic carbocycles. The Morgan fingerprint density at radius 3 is 2.63 bits per heavy atom. The number of hydrogen-bond donors (Lipinski definition) is 1. The SMILES string of the molecule is c1ccc(C2c3ccccc3Nc3ncnn32)cc1. The van der Waals surface area contributed by atoms with Crippen molar-refractivity contribution in [1.29, 1.82) is 0 Å². The molecule has 1 aromatic heterocycles. The Morgan fingerprint density at radius 2 is 1.74 bits per heavy atom. The van der Waals surface area contributed by atoms with Gasteiger partial charge in [-0.1, -0.05) is 48.5 Å². The zero-order valence-corrected chi connectivity index (χ0v) is 10.2. The predicted octanol–water partition coefficient (Wildman–Crippen LogP) is 2.97. The van der Waals surface area contributed by atoms with Gasteiger partial charge in [-0.15, -0.1) is 0 Å². The lowest BCUT2D eigenvalue weighted by molar-refractivity contribution is 0.593. The van der Waals surface area contributed by atoms with Crippen LogP contribution in [-0.4, -0.2) is 14.8 Å². The van der Waals surface area contributed by atoms with Crippen LogP contribution in [0.1, 0.15) is 17.2 Å². The van der Waals surface area contributed by atoms with Crippen LogP contribution in [0.2, 0.25) is 0 Å². The molecule has 0 radical (unpaired) electrons. The maximum absolute atomic E-state index is 4.36. The van der Waals surface area contributed by atoms with Crippen molar-refractivity contribution in [1.82, 2.24) is 14.8 Å². The topological polar surface area (TPSA) is 42.7 Å². The molecule has 2 heterocycles. The van der Waals surface area contributed by atoms with Crippen LogP contribution in [0.15, 0.2) is 60.9 Å². The predicted molar refractivity (Wildman–Crippen MR) is 73.4 cm³/mol. The number of hydrogen-bond acceptors (Lipinski definition) is 3. The van der Waals surface area contributed by atoms with E-state index in [9.17, 15) is 0 Å². The van der Waals surface area contributed by atoms with Crippen molar-refractivity contribution in [3.63, 3.8) is 0 Å². The van der Waals surface area contributed by atoms with Crippen LogP contribution in [0.4, 0.5) is 11.6 Å². The molecule has 2 aromatic carbocycles. The highest BCUT2D eigenvalue weighted by atomic mass is 15.4. The monoisotopic (exact) mass is 248 g/mol. The summed E-state index contributed by atoms with van der Waals surface area (Å²) in [5.74, 6) is 0.785. The summed E-state index contributed by atoms with van der Waals surface area (Å²) in [7, 11) is 0. The van der Waals surface area contributed by atoms with Gasteiger partial charge >= 0.3 is 0 Å². The zero-order valence-electron chi connectivity index (χ0n) is 10.2. The van der Waals surface area contributed by atoms with Gasteiger partial charge in [0.25, 0.3) is 0 Å². The summed E-state index contributed by atoms with van der Waals surface area (Å²) in [6, 6.07) is 18.7. The molecule has 0 saturated carbocycles. The van der Waals surface area contributed by atoms with Gasteiger partial charge in [0, 0.05) is 11.3 Å². The Morgan fingerprint density at radius 1 is 0.947 bits per heavy atom.